The number of rotatable bonds is 7. The number of nitrogen functional groups attached to an aromatic ring is 1. The molecule has 0 aliphatic rings. The third kappa shape index (κ3) is 4.63. The molecule has 150 valence electrons. The number of benzene rings is 2. The van der Waals surface area contributed by atoms with Crippen molar-refractivity contribution in [3.05, 3.63) is 65.9 Å². The Hall–Kier alpha value is -3.61. The van der Waals surface area contributed by atoms with Gasteiger partial charge in [0.05, 0.1) is 17.6 Å². The molecule has 0 bridgehead atoms. The monoisotopic (exact) mass is 392 g/mol. The van der Waals surface area contributed by atoms with Gasteiger partial charge in [0.15, 0.2) is 0 Å². The van der Waals surface area contributed by atoms with Crippen LogP contribution in [0.15, 0.2) is 54.7 Å². The standard InChI is InChI=1S/C22H24N4O3/c1-2-3-4-7-15-10-12-16(13-11-15)20(27)25-18-9-6-5-8-17(18)19-14-24-21(23)26(19)22(28)29/h5-6,8-14H,2-4,7H2,1H3,(H2,23,24)(H,25,27)(H,28,29). The van der Waals surface area contributed by atoms with E-state index >= 15 is 0 Å². The average molecular weight is 392 g/mol. The van der Waals surface area contributed by atoms with Gasteiger partial charge in [0.25, 0.3) is 5.91 Å². The summed E-state index contributed by atoms with van der Waals surface area (Å²) in [6.07, 6.45) is 4.63. The number of aromatic nitrogens is 2. The zero-order valence-electron chi connectivity index (χ0n) is 16.3. The van der Waals surface area contributed by atoms with Gasteiger partial charge in [-0.2, -0.15) is 0 Å². The number of anilines is 2. The van der Waals surface area contributed by atoms with Crippen LogP contribution in [0.4, 0.5) is 16.4 Å². The van der Waals surface area contributed by atoms with Crippen LogP contribution in [-0.4, -0.2) is 26.7 Å². The maximum atomic E-state index is 12.7. The molecule has 0 fully saturated rings. The predicted octanol–water partition coefficient (Wildman–Crippen LogP) is 4.64. The predicted molar refractivity (Wildman–Crippen MR) is 113 cm³/mol. The van der Waals surface area contributed by atoms with E-state index in [2.05, 4.69) is 17.2 Å². The molecule has 7 nitrogen and oxygen atoms in total. The fourth-order valence-electron chi connectivity index (χ4n) is 3.17. The van der Waals surface area contributed by atoms with Crippen LogP contribution in [0.2, 0.25) is 0 Å². The number of hydrogen-bond donors (Lipinski definition) is 3. The zero-order chi connectivity index (χ0) is 20.8. The van der Waals surface area contributed by atoms with Gasteiger partial charge in [-0.3, -0.25) is 4.79 Å². The van der Waals surface area contributed by atoms with Gasteiger partial charge in [-0.05, 0) is 36.6 Å². The van der Waals surface area contributed by atoms with Crippen molar-refractivity contribution in [1.29, 1.82) is 0 Å². The maximum Gasteiger partial charge on any atom is 0.418 e. The number of nitrogens with two attached hydrogens (primary N) is 1. The van der Waals surface area contributed by atoms with Crippen LogP contribution in [0.1, 0.15) is 42.1 Å². The van der Waals surface area contributed by atoms with Crippen LogP contribution in [0.25, 0.3) is 11.3 Å². The van der Waals surface area contributed by atoms with E-state index in [0.717, 1.165) is 17.4 Å². The third-order valence-electron chi connectivity index (χ3n) is 4.72. The molecule has 0 aliphatic heterocycles. The number of unbranched alkanes of at least 4 members (excludes halogenated alkanes) is 2. The summed E-state index contributed by atoms with van der Waals surface area (Å²) >= 11 is 0. The molecule has 0 unspecified atom stereocenters. The first-order valence-electron chi connectivity index (χ1n) is 9.57. The second kappa shape index (κ2) is 9.05. The number of para-hydroxylation sites is 1. The zero-order valence-corrected chi connectivity index (χ0v) is 16.3. The van der Waals surface area contributed by atoms with E-state index in [1.807, 2.05) is 12.1 Å². The lowest BCUT2D eigenvalue weighted by Crippen LogP contribution is -2.15. The lowest BCUT2D eigenvalue weighted by Gasteiger charge is -2.12. The van der Waals surface area contributed by atoms with Crippen molar-refractivity contribution < 1.29 is 14.7 Å². The second-order valence-corrected chi connectivity index (χ2v) is 6.77. The van der Waals surface area contributed by atoms with Gasteiger partial charge in [-0.25, -0.2) is 14.3 Å². The van der Waals surface area contributed by atoms with Crippen LogP contribution < -0.4 is 11.1 Å². The Labute approximate surface area is 169 Å². The van der Waals surface area contributed by atoms with Crippen molar-refractivity contribution in [3.8, 4) is 11.3 Å². The van der Waals surface area contributed by atoms with Crippen molar-refractivity contribution in [2.75, 3.05) is 11.1 Å². The molecule has 3 rings (SSSR count). The molecule has 4 N–H and O–H groups in total. The van der Waals surface area contributed by atoms with Crippen LogP contribution in [0.3, 0.4) is 0 Å². The maximum absolute atomic E-state index is 12.7. The molecule has 1 amide bonds. The summed E-state index contributed by atoms with van der Waals surface area (Å²) in [5.41, 5.74) is 8.69. The Morgan fingerprint density at radius 2 is 1.83 bits per heavy atom. The Kier molecular flexibility index (Phi) is 6.29. The van der Waals surface area contributed by atoms with Gasteiger partial charge < -0.3 is 16.2 Å². The number of nitrogens with zero attached hydrogens (tertiary/aromatic N) is 2. The van der Waals surface area contributed by atoms with Crippen LogP contribution in [0, 0.1) is 0 Å². The van der Waals surface area contributed by atoms with E-state index in [-0.39, 0.29) is 17.5 Å². The molecule has 0 radical (unpaired) electrons. The van der Waals surface area contributed by atoms with Crippen molar-refractivity contribution in [3.63, 3.8) is 0 Å². The Balaban J connectivity index is 1.81. The van der Waals surface area contributed by atoms with Gasteiger partial charge in [-0.1, -0.05) is 50.1 Å². The van der Waals surface area contributed by atoms with Crippen molar-refractivity contribution in [2.24, 2.45) is 0 Å². The third-order valence-corrected chi connectivity index (χ3v) is 4.72. The summed E-state index contributed by atoms with van der Waals surface area (Å²) in [4.78, 5) is 28.1. The molecular weight excluding hydrogens is 368 g/mol. The van der Waals surface area contributed by atoms with Crippen molar-refractivity contribution in [2.45, 2.75) is 32.6 Å². The highest BCUT2D eigenvalue weighted by Crippen LogP contribution is 2.29. The second-order valence-electron chi connectivity index (χ2n) is 6.77. The summed E-state index contributed by atoms with van der Waals surface area (Å²) in [7, 11) is 0. The summed E-state index contributed by atoms with van der Waals surface area (Å²) in [6.45, 7) is 2.17. The highest BCUT2D eigenvalue weighted by atomic mass is 16.4. The van der Waals surface area contributed by atoms with E-state index in [0.29, 0.717) is 16.8 Å². The molecule has 2 aromatic carbocycles. The summed E-state index contributed by atoms with van der Waals surface area (Å²) < 4.78 is 0.885. The molecule has 0 saturated heterocycles. The fourth-order valence-corrected chi connectivity index (χ4v) is 3.17. The number of hydrogen-bond acceptors (Lipinski definition) is 4. The SMILES string of the molecule is CCCCCc1ccc(C(=O)Nc2ccccc2-c2cnc(N)n2C(=O)O)cc1. The number of carboxylic acid groups (broad SMARTS) is 1. The van der Waals surface area contributed by atoms with Gasteiger partial charge in [0.1, 0.15) is 0 Å². The number of carbonyl (C=O) groups is 2. The number of carbonyl (C=O) groups excluding carboxylic acids is 1. The quantitative estimate of drug-likeness (QED) is 0.507. The number of aryl methyl sites for hydroxylation is 1. The molecule has 0 aliphatic carbocycles. The minimum absolute atomic E-state index is 0.132. The lowest BCUT2D eigenvalue weighted by molar-refractivity contribution is 0.102. The molecule has 3 aromatic rings. The highest BCUT2D eigenvalue weighted by molar-refractivity contribution is 6.06. The molecule has 7 heteroatoms. The summed E-state index contributed by atoms with van der Waals surface area (Å²) in [6, 6.07) is 14.5. The number of imidazole rings is 1. The summed E-state index contributed by atoms with van der Waals surface area (Å²) in [5, 5.41) is 12.3. The number of nitrogens with one attached hydrogen (secondary N) is 1. The highest BCUT2D eigenvalue weighted by Gasteiger charge is 2.18. The smallest absolute Gasteiger partial charge is 0.418 e. The van der Waals surface area contributed by atoms with Gasteiger partial charge >= 0.3 is 6.09 Å². The van der Waals surface area contributed by atoms with E-state index in [9.17, 15) is 14.7 Å². The normalized spacial score (nSPS) is 10.7. The van der Waals surface area contributed by atoms with E-state index in [4.69, 9.17) is 5.73 Å². The summed E-state index contributed by atoms with van der Waals surface area (Å²) in [5.74, 6) is -0.404. The lowest BCUT2D eigenvalue weighted by atomic mass is 10.0. The molecule has 1 heterocycles. The van der Waals surface area contributed by atoms with Gasteiger partial charge in [-0.15, -0.1) is 0 Å². The van der Waals surface area contributed by atoms with E-state index in [1.54, 1.807) is 36.4 Å². The average Bonchev–Trinajstić information content (AvgIpc) is 3.10. The van der Waals surface area contributed by atoms with Gasteiger partial charge in [0.2, 0.25) is 5.95 Å². The Morgan fingerprint density at radius 1 is 1.10 bits per heavy atom. The molecule has 0 saturated carbocycles. The molecule has 0 spiro atoms. The number of amides is 1. The van der Waals surface area contributed by atoms with Crippen molar-refractivity contribution in [1.82, 2.24) is 9.55 Å². The van der Waals surface area contributed by atoms with Crippen LogP contribution in [-0.2, 0) is 6.42 Å². The Bertz CT molecular complexity index is 1010. The first kappa shape index (κ1) is 20.1. The van der Waals surface area contributed by atoms with E-state index in [1.165, 1.54) is 24.6 Å². The molecule has 0 atom stereocenters. The minimum Gasteiger partial charge on any atom is -0.464 e. The molecule has 1 aromatic heterocycles. The largest absolute Gasteiger partial charge is 0.464 e. The minimum atomic E-state index is -1.24. The Morgan fingerprint density at radius 3 is 2.52 bits per heavy atom. The molecule has 29 heavy (non-hydrogen) atoms. The first-order chi connectivity index (χ1) is 14.0. The topological polar surface area (TPSA) is 110 Å². The van der Waals surface area contributed by atoms with Crippen LogP contribution >= 0.6 is 0 Å². The van der Waals surface area contributed by atoms with Crippen LogP contribution in [0.5, 0.6) is 0 Å². The molecular formula is C22H24N4O3. The fraction of sp³-hybridized carbons (Fsp3) is 0.227. The van der Waals surface area contributed by atoms with Crippen molar-refractivity contribution >= 4 is 23.6 Å². The van der Waals surface area contributed by atoms with E-state index < -0.39 is 6.09 Å². The first-order valence-corrected chi connectivity index (χ1v) is 9.57. The van der Waals surface area contributed by atoms with Gasteiger partial charge in [0, 0.05) is 11.1 Å².